The lowest BCUT2D eigenvalue weighted by Crippen LogP contribution is -2.59. The topological polar surface area (TPSA) is 95.6 Å². The first-order valence-electron chi connectivity index (χ1n) is 8.53. The number of piperidine rings is 1. The summed E-state index contributed by atoms with van der Waals surface area (Å²) in [6.45, 7) is 1.10. The molecule has 0 aliphatic carbocycles. The Kier molecular flexibility index (Phi) is 5.03. The molecule has 3 rings (SSSR count). The second-order valence-electron chi connectivity index (χ2n) is 6.77. The zero-order chi connectivity index (χ0) is 18.9. The maximum atomic E-state index is 13.9. The fraction of sp³-hybridized carbons (Fsp3) is 0.529. The van der Waals surface area contributed by atoms with Crippen molar-refractivity contribution in [3.8, 4) is 0 Å². The van der Waals surface area contributed by atoms with Crippen LogP contribution in [0.15, 0.2) is 24.3 Å². The number of carbonyl (C=O) groups is 2. The van der Waals surface area contributed by atoms with Gasteiger partial charge in [-0.3, -0.25) is 9.59 Å². The molecule has 1 unspecified atom stereocenters. The lowest BCUT2D eigenvalue weighted by atomic mass is 9.95. The molecule has 2 fully saturated rings. The van der Waals surface area contributed by atoms with E-state index in [9.17, 15) is 22.4 Å². The molecule has 26 heavy (non-hydrogen) atoms. The highest BCUT2D eigenvalue weighted by Gasteiger charge is 2.50. The van der Waals surface area contributed by atoms with Crippen LogP contribution in [0.25, 0.3) is 0 Å². The molecule has 0 radical (unpaired) electrons. The Morgan fingerprint density at radius 2 is 1.96 bits per heavy atom. The Hall–Kier alpha value is -2.00. The molecule has 2 N–H and O–H groups in total. The quantitative estimate of drug-likeness (QED) is 0.775. The van der Waals surface area contributed by atoms with Crippen molar-refractivity contribution >= 4 is 27.3 Å². The zero-order valence-corrected chi connectivity index (χ0v) is 15.3. The van der Waals surface area contributed by atoms with E-state index in [0.717, 1.165) is 6.26 Å². The van der Waals surface area contributed by atoms with Crippen molar-refractivity contribution in [2.24, 2.45) is 0 Å². The summed E-state index contributed by atoms with van der Waals surface area (Å²) in [5, 5.41) is 5.65. The SMILES string of the molecule is CS(=O)(=O)C1(C(=O)NC2CCN(c3ccccc3F)C2=O)CCNCC1. The number of halogens is 1. The molecule has 0 spiro atoms. The molecule has 1 atom stereocenters. The lowest BCUT2D eigenvalue weighted by Gasteiger charge is -2.35. The van der Waals surface area contributed by atoms with Gasteiger partial charge >= 0.3 is 0 Å². The third-order valence-electron chi connectivity index (χ3n) is 5.19. The number of rotatable bonds is 4. The van der Waals surface area contributed by atoms with E-state index in [0.29, 0.717) is 19.5 Å². The lowest BCUT2D eigenvalue weighted by molar-refractivity contribution is -0.128. The number of amides is 2. The largest absolute Gasteiger partial charge is 0.343 e. The summed E-state index contributed by atoms with van der Waals surface area (Å²) in [5.74, 6) is -1.59. The number of hydrogen-bond acceptors (Lipinski definition) is 5. The van der Waals surface area contributed by atoms with Crippen LogP contribution in [0, 0.1) is 5.82 Å². The van der Waals surface area contributed by atoms with Crippen LogP contribution >= 0.6 is 0 Å². The van der Waals surface area contributed by atoms with Gasteiger partial charge in [-0.15, -0.1) is 0 Å². The van der Waals surface area contributed by atoms with Crippen LogP contribution in [-0.2, 0) is 19.4 Å². The number of nitrogens with one attached hydrogen (secondary N) is 2. The van der Waals surface area contributed by atoms with E-state index in [1.807, 2.05) is 0 Å². The summed E-state index contributed by atoms with van der Waals surface area (Å²) < 4.78 is 37.0. The first-order chi connectivity index (χ1) is 12.3. The molecule has 9 heteroatoms. The predicted molar refractivity (Wildman–Crippen MR) is 95.0 cm³/mol. The van der Waals surface area contributed by atoms with Crippen LogP contribution in [0.1, 0.15) is 19.3 Å². The number of hydrogen-bond donors (Lipinski definition) is 2. The minimum absolute atomic E-state index is 0.161. The van der Waals surface area contributed by atoms with E-state index in [1.54, 1.807) is 6.07 Å². The Morgan fingerprint density at radius 3 is 2.58 bits per heavy atom. The van der Waals surface area contributed by atoms with Gasteiger partial charge in [0.05, 0.1) is 5.69 Å². The van der Waals surface area contributed by atoms with Gasteiger partial charge in [0, 0.05) is 12.8 Å². The Balaban J connectivity index is 1.78. The molecular formula is C17H22FN3O4S. The van der Waals surface area contributed by atoms with Crippen molar-refractivity contribution < 1.29 is 22.4 Å². The Morgan fingerprint density at radius 1 is 1.31 bits per heavy atom. The smallest absolute Gasteiger partial charge is 0.249 e. The predicted octanol–water partition coefficient (Wildman–Crippen LogP) is 0.214. The molecule has 2 heterocycles. The van der Waals surface area contributed by atoms with Crippen molar-refractivity contribution in [1.29, 1.82) is 0 Å². The van der Waals surface area contributed by atoms with Gasteiger partial charge in [0.25, 0.3) is 0 Å². The summed E-state index contributed by atoms with van der Waals surface area (Å²) in [6.07, 6.45) is 1.68. The minimum atomic E-state index is -3.66. The number of sulfone groups is 1. The number of para-hydroxylation sites is 1. The molecule has 2 amide bonds. The van der Waals surface area contributed by atoms with Crippen LogP contribution in [0.4, 0.5) is 10.1 Å². The summed E-state index contributed by atoms with van der Waals surface area (Å²) in [7, 11) is -3.66. The van der Waals surface area contributed by atoms with E-state index in [1.165, 1.54) is 23.1 Å². The number of benzene rings is 1. The average Bonchev–Trinajstić information content (AvgIpc) is 2.95. The van der Waals surface area contributed by atoms with Gasteiger partial charge < -0.3 is 15.5 Å². The third kappa shape index (κ3) is 3.21. The Labute approximate surface area is 151 Å². The van der Waals surface area contributed by atoms with E-state index < -0.39 is 38.3 Å². The van der Waals surface area contributed by atoms with Crippen LogP contribution < -0.4 is 15.5 Å². The van der Waals surface area contributed by atoms with E-state index in [4.69, 9.17) is 0 Å². The molecule has 2 saturated heterocycles. The van der Waals surface area contributed by atoms with Gasteiger partial charge in [-0.25, -0.2) is 12.8 Å². The van der Waals surface area contributed by atoms with Crippen LogP contribution in [0.3, 0.4) is 0 Å². The Bertz CT molecular complexity index is 821. The number of carbonyl (C=O) groups excluding carboxylic acids is 2. The highest BCUT2D eigenvalue weighted by molar-refractivity contribution is 7.92. The maximum absolute atomic E-state index is 13.9. The van der Waals surface area contributed by atoms with Crippen molar-refractivity contribution in [3.63, 3.8) is 0 Å². The molecule has 142 valence electrons. The molecular weight excluding hydrogens is 361 g/mol. The molecule has 0 aromatic heterocycles. The third-order valence-corrected chi connectivity index (χ3v) is 7.20. The molecule has 1 aromatic rings. The molecule has 0 bridgehead atoms. The van der Waals surface area contributed by atoms with Gasteiger partial charge in [-0.05, 0) is 44.5 Å². The van der Waals surface area contributed by atoms with Gasteiger partial charge in [-0.1, -0.05) is 12.1 Å². The molecule has 0 saturated carbocycles. The van der Waals surface area contributed by atoms with Gasteiger partial charge in [0.1, 0.15) is 11.9 Å². The summed E-state index contributed by atoms with van der Waals surface area (Å²) in [4.78, 5) is 26.7. The van der Waals surface area contributed by atoms with Gasteiger partial charge in [0.15, 0.2) is 14.6 Å². The van der Waals surface area contributed by atoms with Crippen LogP contribution in [-0.4, -0.2) is 56.9 Å². The number of nitrogens with zero attached hydrogens (tertiary/aromatic N) is 1. The van der Waals surface area contributed by atoms with E-state index >= 15 is 0 Å². The summed E-state index contributed by atoms with van der Waals surface area (Å²) >= 11 is 0. The van der Waals surface area contributed by atoms with Crippen LogP contribution in [0.2, 0.25) is 0 Å². The van der Waals surface area contributed by atoms with Crippen molar-refractivity contribution in [1.82, 2.24) is 10.6 Å². The standard InChI is InChI=1S/C17H22FN3O4S/c1-26(24,25)17(7-9-19-10-8-17)16(23)20-13-6-11-21(15(13)22)14-5-3-2-4-12(14)18/h2-5,13,19H,6-11H2,1H3,(H,20,23). The molecule has 2 aliphatic rings. The monoisotopic (exact) mass is 383 g/mol. The second kappa shape index (κ2) is 6.96. The van der Waals surface area contributed by atoms with E-state index in [2.05, 4.69) is 10.6 Å². The highest BCUT2D eigenvalue weighted by atomic mass is 32.2. The van der Waals surface area contributed by atoms with Crippen molar-refractivity contribution in [2.75, 3.05) is 30.8 Å². The van der Waals surface area contributed by atoms with Gasteiger partial charge in [-0.2, -0.15) is 0 Å². The van der Waals surface area contributed by atoms with Crippen molar-refractivity contribution in [3.05, 3.63) is 30.1 Å². The fourth-order valence-corrected chi connectivity index (χ4v) is 4.95. The average molecular weight is 383 g/mol. The van der Waals surface area contributed by atoms with E-state index in [-0.39, 0.29) is 25.1 Å². The number of anilines is 1. The fourth-order valence-electron chi connectivity index (χ4n) is 3.61. The zero-order valence-electron chi connectivity index (χ0n) is 14.5. The minimum Gasteiger partial charge on any atom is -0.343 e. The molecule has 2 aliphatic heterocycles. The maximum Gasteiger partial charge on any atom is 0.249 e. The van der Waals surface area contributed by atoms with Gasteiger partial charge in [0.2, 0.25) is 11.8 Å². The van der Waals surface area contributed by atoms with Crippen molar-refractivity contribution in [2.45, 2.75) is 30.1 Å². The normalized spacial score (nSPS) is 23.1. The molecule has 7 nitrogen and oxygen atoms in total. The second-order valence-corrected chi connectivity index (χ2v) is 9.10. The molecule has 1 aromatic carbocycles. The summed E-state index contributed by atoms with van der Waals surface area (Å²) in [5.41, 5.74) is 0.161. The van der Waals surface area contributed by atoms with Crippen LogP contribution in [0.5, 0.6) is 0 Å². The highest BCUT2D eigenvalue weighted by Crippen LogP contribution is 2.29. The first-order valence-corrected chi connectivity index (χ1v) is 10.4. The first kappa shape index (κ1) is 18.8. The summed E-state index contributed by atoms with van der Waals surface area (Å²) in [6, 6.07) is 5.08.